The molecular weight excluding hydrogens is 392 g/mol. The second-order valence-corrected chi connectivity index (χ2v) is 10.0. The zero-order valence-corrected chi connectivity index (χ0v) is 19.3. The number of thioether (sulfide) groups is 1. The first kappa shape index (κ1) is 22.0. The number of nitrogens with zero attached hydrogens (tertiary/aromatic N) is 3. The highest BCUT2D eigenvalue weighted by atomic mass is 32.2. The maximum absolute atomic E-state index is 5.71. The van der Waals surface area contributed by atoms with Crippen LogP contribution in [0.15, 0.2) is 40.2 Å². The third-order valence-corrected chi connectivity index (χ3v) is 8.12. The second-order valence-electron chi connectivity index (χ2n) is 8.93. The Balaban J connectivity index is 1.37. The van der Waals surface area contributed by atoms with Gasteiger partial charge in [0.15, 0.2) is 5.96 Å². The predicted octanol–water partition coefficient (Wildman–Crippen LogP) is 3.71. The Morgan fingerprint density at radius 1 is 1.17 bits per heavy atom. The standard InChI is InChI=1S/C24H38N4OS/c1-2-25-23(26-20-24(11-16-29-17-12-24)28-13-6-7-14-28)27-15-10-21(18-27)19-30-22-8-4-3-5-9-22/h3-5,8-9,21H,2,6-7,10-20H2,1H3,(H,25,26). The molecule has 1 aromatic carbocycles. The largest absolute Gasteiger partial charge is 0.381 e. The third kappa shape index (κ3) is 5.51. The SMILES string of the molecule is CCNC(=NCC1(N2CCCC2)CCOCC1)N1CCC(CSc2ccccc2)C1. The number of aliphatic imine (C=N–C) groups is 1. The Hall–Kier alpha value is -1.24. The molecule has 6 heteroatoms. The van der Waals surface area contributed by atoms with E-state index in [0.29, 0.717) is 0 Å². The van der Waals surface area contributed by atoms with Crippen molar-refractivity contribution < 1.29 is 4.74 Å². The van der Waals surface area contributed by atoms with Crippen molar-refractivity contribution in [2.45, 2.75) is 49.5 Å². The number of hydrogen-bond donors (Lipinski definition) is 1. The van der Waals surface area contributed by atoms with Crippen LogP contribution < -0.4 is 5.32 Å². The van der Waals surface area contributed by atoms with Gasteiger partial charge in [-0.1, -0.05) is 18.2 Å². The number of hydrogen-bond acceptors (Lipinski definition) is 4. The van der Waals surface area contributed by atoms with Crippen LogP contribution in [0.25, 0.3) is 0 Å². The molecule has 1 N–H and O–H groups in total. The number of benzene rings is 1. The topological polar surface area (TPSA) is 40.1 Å². The first-order valence-corrected chi connectivity index (χ1v) is 12.8. The quantitative estimate of drug-likeness (QED) is 0.406. The van der Waals surface area contributed by atoms with Crippen molar-refractivity contribution in [1.29, 1.82) is 0 Å². The number of ether oxygens (including phenoxy) is 1. The van der Waals surface area contributed by atoms with Crippen LogP contribution in [0.5, 0.6) is 0 Å². The minimum absolute atomic E-state index is 0.206. The van der Waals surface area contributed by atoms with Gasteiger partial charge in [0.05, 0.1) is 6.54 Å². The molecule has 0 saturated carbocycles. The number of rotatable bonds is 7. The molecular formula is C24H38N4OS. The first-order valence-electron chi connectivity index (χ1n) is 11.8. The highest BCUT2D eigenvalue weighted by molar-refractivity contribution is 7.99. The summed E-state index contributed by atoms with van der Waals surface area (Å²) in [5.41, 5.74) is 0.206. The minimum atomic E-state index is 0.206. The maximum Gasteiger partial charge on any atom is 0.193 e. The lowest BCUT2D eigenvalue weighted by Crippen LogP contribution is -2.54. The van der Waals surface area contributed by atoms with Crippen LogP contribution >= 0.6 is 11.8 Å². The molecule has 0 amide bonds. The molecule has 3 saturated heterocycles. The highest BCUT2D eigenvalue weighted by Crippen LogP contribution is 2.32. The van der Waals surface area contributed by atoms with Crippen molar-refractivity contribution >= 4 is 17.7 Å². The fourth-order valence-corrected chi connectivity index (χ4v) is 6.11. The maximum atomic E-state index is 5.71. The lowest BCUT2D eigenvalue weighted by atomic mass is 9.88. The summed E-state index contributed by atoms with van der Waals surface area (Å²) >= 11 is 1.99. The molecule has 0 bridgehead atoms. The van der Waals surface area contributed by atoms with Crippen molar-refractivity contribution in [3.63, 3.8) is 0 Å². The van der Waals surface area contributed by atoms with Gasteiger partial charge in [0.1, 0.15) is 0 Å². The molecule has 0 aliphatic carbocycles. The molecule has 3 heterocycles. The van der Waals surface area contributed by atoms with Crippen LogP contribution in [0.2, 0.25) is 0 Å². The van der Waals surface area contributed by atoms with Gasteiger partial charge in [-0.05, 0) is 70.2 Å². The molecule has 0 spiro atoms. The second kappa shape index (κ2) is 10.9. The van der Waals surface area contributed by atoms with Gasteiger partial charge < -0.3 is 15.0 Å². The fourth-order valence-electron chi connectivity index (χ4n) is 5.06. The van der Waals surface area contributed by atoms with Crippen LogP contribution in [0.3, 0.4) is 0 Å². The lowest BCUT2D eigenvalue weighted by Gasteiger charge is -2.43. The van der Waals surface area contributed by atoms with Crippen LogP contribution in [-0.2, 0) is 4.74 Å². The van der Waals surface area contributed by atoms with Gasteiger partial charge >= 0.3 is 0 Å². The van der Waals surface area contributed by atoms with E-state index in [4.69, 9.17) is 9.73 Å². The predicted molar refractivity (Wildman–Crippen MR) is 126 cm³/mol. The normalized spacial score (nSPS) is 25.0. The van der Waals surface area contributed by atoms with E-state index in [2.05, 4.69) is 52.4 Å². The molecule has 5 nitrogen and oxygen atoms in total. The Morgan fingerprint density at radius 2 is 1.93 bits per heavy atom. The molecule has 3 fully saturated rings. The van der Waals surface area contributed by atoms with E-state index in [1.165, 1.54) is 43.0 Å². The molecule has 1 unspecified atom stereocenters. The molecule has 30 heavy (non-hydrogen) atoms. The molecule has 3 aliphatic heterocycles. The van der Waals surface area contributed by atoms with Gasteiger partial charge in [-0.2, -0.15) is 0 Å². The Kier molecular flexibility index (Phi) is 7.96. The van der Waals surface area contributed by atoms with Crippen LogP contribution in [0.1, 0.15) is 39.0 Å². The van der Waals surface area contributed by atoms with Gasteiger partial charge in [-0.15, -0.1) is 11.8 Å². The Morgan fingerprint density at radius 3 is 2.67 bits per heavy atom. The summed E-state index contributed by atoms with van der Waals surface area (Å²) in [6.07, 6.45) is 6.16. The van der Waals surface area contributed by atoms with E-state index in [1.54, 1.807) is 0 Å². The summed E-state index contributed by atoms with van der Waals surface area (Å²) in [5.74, 6) is 3.04. The average molecular weight is 431 g/mol. The summed E-state index contributed by atoms with van der Waals surface area (Å²) in [6.45, 7) is 10.5. The van der Waals surface area contributed by atoms with Crippen molar-refractivity contribution in [2.24, 2.45) is 10.9 Å². The highest BCUT2D eigenvalue weighted by Gasteiger charge is 2.39. The van der Waals surface area contributed by atoms with Crippen LogP contribution in [0.4, 0.5) is 0 Å². The summed E-state index contributed by atoms with van der Waals surface area (Å²) in [4.78, 5) is 11.8. The van der Waals surface area contributed by atoms with Crippen molar-refractivity contribution in [1.82, 2.24) is 15.1 Å². The molecule has 0 radical (unpaired) electrons. The number of guanidine groups is 1. The number of nitrogens with one attached hydrogen (secondary N) is 1. The summed E-state index contributed by atoms with van der Waals surface area (Å²) in [7, 11) is 0. The van der Waals surface area contributed by atoms with Gasteiger partial charge in [-0.3, -0.25) is 9.89 Å². The Bertz CT molecular complexity index is 671. The van der Waals surface area contributed by atoms with Gasteiger partial charge in [-0.25, -0.2) is 0 Å². The monoisotopic (exact) mass is 430 g/mol. The van der Waals surface area contributed by atoms with E-state index < -0.39 is 0 Å². The average Bonchev–Trinajstić information content (AvgIpc) is 3.49. The van der Waals surface area contributed by atoms with Gasteiger partial charge in [0, 0.05) is 49.0 Å². The van der Waals surface area contributed by atoms with Crippen LogP contribution in [-0.4, -0.2) is 79.5 Å². The molecule has 3 aliphatic rings. The molecule has 166 valence electrons. The summed E-state index contributed by atoms with van der Waals surface area (Å²) in [6, 6.07) is 10.8. The molecule has 1 atom stereocenters. The van der Waals surface area contributed by atoms with E-state index in [1.807, 2.05) is 11.8 Å². The smallest absolute Gasteiger partial charge is 0.193 e. The number of likely N-dealkylation sites (tertiary alicyclic amines) is 2. The molecule has 4 rings (SSSR count). The molecule has 0 aromatic heterocycles. The van der Waals surface area contributed by atoms with Crippen molar-refractivity contribution in [3.8, 4) is 0 Å². The first-order chi connectivity index (χ1) is 14.8. The van der Waals surface area contributed by atoms with E-state index in [0.717, 1.165) is 64.1 Å². The van der Waals surface area contributed by atoms with E-state index in [9.17, 15) is 0 Å². The fraction of sp³-hybridized carbons (Fsp3) is 0.708. The van der Waals surface area contributed by atoms with Gasteiger partial charge in [0.25, 0.3) is 0 Å². The third-order valence-electron chi connectivity index (χ3n) is 6.87. The summed E-state index contributed by atoms with van der Waals surface area (Å²) < 4.78 is 5.71. The zero-order chi connectivity index (χ0) is 20.7. The van der Waals surface area contributed by atoms with E-state index >= 15 is 0 Å². The zero-order valence-electron chi connectivity index (χ0n) is 18.5. The van der Waals surface area contributed by atoms with Crippen molar-refractivity contribution in [2.75, 3.05) is 58.2 Å². The van der Waals surface area contributed by atoms with Crippen LogP contribution in [0, 0.1) is 5.92 Å². The van der Waals surface area contributed by atoms with E-state index in [-0.39, 0.29) is 5.54 Å². The van der Waals surface area contributed by atoms with Gasteiger partial charge in [0.2, 0.25) is 0 Å². The molecule has 1 aromatic rings. The minimum Gasteiger partial charge on any atom is -0.381 e. The summed E-state index contributed by atoms with van der Waals surface area (Å²) in [5, 5.41) is 3.59. The van der Waals surface area contributed by atoms with Crippen molar-refractivity contribution in [3.05, 3.63) is 30.3 Å². The Labute approximate surface area is 186 Å². The lowest BCUT2D eigenvalue weighted by molar-refractivity contribution is -0.0139.